The van der Waals surface area contributed by atoms with Crippen molar-refractivity contribution in [1.82, 2.24) is 10.2 Å². The summed E-state index contributed by atoms with van der Waals surface area (Å²) in [5.41, 5.74) is 0.806. The van der Waals surface area contributed by atoms with Gasteiger partial charge < -0.3 is 15.3 Å². The molecule has 2 N–H and O–H groups in total. The van der Waals surface area contributed by atoms with Crippen LogP contribution in [0.15, 0.2) is 18.2 Å². The normalized spacial score (nSPS) is 17.8. The molecule has 1 saturated heterocycles. The average molecular weight is 283 g/mol. The van der Waals surface area contributed by atoms with E-state index in [9.17, 15) is 5.11 Å². The van der Waals surface area contributed by atoms with E-state index in [2.05, 4.69) is 17.1 Å². The number of rotatable bonds is 5. The van der Waals surface area contributed by atoms with Gasteiger partial charge in [-0.1, -0.05) is 24.6 Å². The Balaban J connectivity index is 1.81. The Morgan fingerprint density at radius 2 is 2.11 bits per heavy atom. The third-order valence-electron chi connectivity index (χ3n) is 3.79. The minimum absolute atomic E-state index is 0.281. The van der Waals surface area contributed by atoms with E-state index in [1.165, 1.54) is 38.9 Å². The number of nitrogens with one attached hydrogen (secondary N) is 1. The second kappa shape index (κ2) is 7.13. The third-order valence-corrected chi connectivity index (χ3v) is 4.14. The van der Waals surface area contributed by atoms with Gasteiger partial charge in [-0.05, 0) is 51.0 Å². The Hall–Kier alpha value is -0.770. The van der Waals surface area contributed by atoms with Gasteiger partial charge >= 0.3 is 0 Å². The number of phenols is 1. The number of aromatic hydroxyl groups is 1. The van der Waals surface area contributed by atoms with Crippen molar-refractivity contribution in [3.63, 3.8) is 0 Å². The maximum Gasteiger partial charge on any atom is 0.121 e. The second-order valence-corrected chi connectivity index (χ2v) is 5.64. The number of likely N-dealkylation sites (tertiary alicyclic amines) is 1. The number of phenolic OH excluding ortho intramolecular Hbond substituents is 1. The van der Waals surface area contributed by atoms with Crippen molar-refractivity contribution in [2.24, 2.45) is 0 Å². The van der Waals surface area contributed by atoms with Crippen LogP contribution in [0.3, 0.4) is 0 Å². The summed E-state index contributed by atoms with van der Waals surface area (Å²) in [4.78, 5) is 2.52. The lowest BCUT2D eigenvalue weighted by atomic mass is 10.0. The second-order valence-electron chi connectivity index (χ2n) is 5.23. The highest BCUT2D eigenvalue weighted by molar-refractivity contribution is 6.31. The zero-order chi connectivity index (χ0) is 13.7. The largest absolute Gasteiger partial charge is 0.508 e. The number of nitrogens with zero attached hydrogens (tertiary/aromatic N) is 1. The highest BCUT2D eigenvalue weighted by Crippen LogP contribution is 2.25. The molecule has 0 saturated carbocycles. The number of piperidine rings is 1. The Morgan fingerprint density at radius 3 is 2.74 bits per heavy atom. The summed E-state index contributed by atoms with van der Waals surface area (Å²) in [7, 11) is 0. The van der Waals surface area contributed by atoms with E-state index in [1.807, 2.05) is 6.07 Å². The molecule has 2 rings (SSSR count). The zero-order valence-corrected chi connectivity index (χ0v) is 12.3. The summed E-state index contributed by atoms with van der Waals surface area (Å²) in [6.07, 6.45) is 3.57. The van der Waals surface area contributed by atoms with Gasteiger partial charge in [0, 0.05) is 23.2 Å². The van der Waals surface area contributed by atoms with E-state index in [4.69, 9.17) is 11.6 Å². The van der Waals surface area contributed by atoms with Crippen LogP contribution in [0.5, 0.6) is 5.75 Å². The first kappa shape index (κ1) is 14.6. The molecule has 0 aliphatic carbocycles. The number of hydrogen-bond acceptors (Lipinski definition) is 3. The molecule has 3 nitrogen and oxygen atoms in total. The molecule has 0 spiro atoms. The van der Waals surface area contributed by atoms with Crippen LogP contribution in [-0.2, 0) is 6.54 Å². The summed E-state index contributed by atoms with van der Waals surface area (Å²) >= 11 is 6.10. The molecule has 1 fully saturated rings. The van der Waals surface area contributed by atoms with Gasteiger partial charge in [-0.2, -0.15) is 0 Å². The van der Waals surface area contributed by atoms with E-state index in [0.717, 1.165) is 5.56 Å². The zero-order valence-electron chi connectivity index (χ0n) is 11.5. The van der Waals surface area contributed by atoms with Crippen LogP contribution in [0, 0.1) is 0 Å². The van der Waals surface area contributed by atoms with Crippen LogP contribution >= 0.6 is 11.6 Å². The summed E-state index contributed by atoms with van der Waals surface area (Å²) in [5.74, 6) is 0.281. The molecule has 0 atom stereocenters. The monoisotopic (exact) mass is 282 g/mol. The average Bonchev–Trinajstić information content (AvgIpc) is 2.40. The SMILES string of the molecule is CCCN1CCC(NCc2c(O)cccc2Cl)CC1. The fourth-order valence-electron chi connectivity index (χ4n) is 2.65. The summed E-state index contributed by atoms with van der Waals surface area (Å²) < 4.78 is 0. The molecule has 1 aromatic carbocycles. The molecule has 106 valence electrons. The first-order valence-corrected chi connectivity index (χ1v) is 7.50. The van der Waals surface area contributed by atoms with Crippen molar-refractivity contribution in [3.05, 3.63) is 28.8 Å². The fraction of sp³-hybridized carbons (Fsp3) is 0.600. The molecular formula is C15H23ClN2O. The Kier molecular flexibility index (Phi) is 5.49. The highest BCUT2D eigenvalue weighted by atomic mass is 35.5. The smallest absolute Gasteiger partial charge is 0.121 e. The molecule has 1 aromatic rings. The predicted octanol–water partition coefficient (Wildman–Crippen LogP) is 3.01. The number of hydrogen-bond donors (Lipinski definition) is 2. The van der Waals surface area contributed by atoms with Crippen LogP contribution < -0.4 is 5.32 Å². The molecule has 0 bridgehead atoms. The van der Waals surface area contributed by atoms with Crippen molar-refractivity contribution < 1.29 is 5.11 Å². The summed E-state index contributed by atoms with van der Waals surface area (Å²) in [5, 5.41) is 13.9. The van der Waals surface area contributed by atoms with Gasteiger partial charge in [-0.3, -0.25) is 0 Å². The lowest BCUT2D eigenvalue weighted by Crippen LogP contribution is -2.42. The van der Waals surface area contributed by atoms with Crippen molar-refractivity contribution in [3.8, 4) is 5.75 Å². The van der Waals surface area contributed by atoms with Crippen LogP contribution in [0.1, 0.15) is 31.7 Å². The van der Waals surface area contributed by atoms with E-state index >= 15 is 0 Å². The lowest BCUT2D eigenvalue weighted by molar-refractivity contribution is 0.197. The van der Waals surface area contributed by atoms with Gasteiger partial charge in [0.15, 0.2) is 0 Å². The standard InChI is InChI=1S/C15H23ClN2O/c1-2-8-18-9-6-12(7-10-18)17-11-13-14(16)4-3-5-15(13)19/h3-5,12,17,19H,2,6-11H2,1H3. The van der Waals surface area contributed by atoms with Crippen molar-refractivity contribution >= 4 is 11.6 Å². The highest BCUT2D eigenvalue weighted by Gasteiger charge is 2.18. The molecule has 1 heterocycles. The van der Waals surface area contributed by atoms with Gasteiger partial charge in [0.2, 0.25) is 0 Å². The van der Waals surface area contributed by atoms with Crippen LogP contribution in [0.25, 0.3) is 0 Å². The molecule has 1 aliphatic heterocycles. The summed E-state index contributed by atoms with van der Waals surface area (Å²) in [6, 6.07) is 5.81. The quantitative estimate of drug-likeness (QED) is 0.871. The predicted molar refractivity (Wildman–Crippen MR) is 79.7 cm³/mol. The topological polar surface area (TPSA) is 35.5 Å². The molecule has 0 radical (unpaired) electrons. The minimum Gasteiger partial charge on any atom is -0.508 e. The maximum absolute atomic E-state index is 9.80. The Bertz CT molecular complexity index is 383. The van der Waals surface area contributed by atoms with Gasteiger partial charge in [-0.15, -0.1) is 0 Å². The molecular weight excluding hydrogens is 260 g/mol. The van der Waals surface area contributed by atoms with Crippen LogP contribution in [0.2, 0.25) is 5.02 Å². The van der Waals surface area contributed by atoms with E-state index in [-0.39, 0.29) is 5.75 Å². The molecule has 0 aromatic heterocycles. The van der Waals surface area contributed by atoms with Gasteiger partial charge in [0.25, 0.3) is 0 Å². The molecule has 4 heteroatoms. The minimum atomic E-state index is 0.281. The van der Waals surface area contributed by atoms with Crippen LogP contribution in [-0.4, -0.2) is 35.7 Å². The number of halogens is 1. The molecule has 0 amide bonds. The van der Waals surface area contributed by atoms with Crippen molar-refractivity contribution in [1.29, 1.82) is 0 Å². The Morgan fingerprint density at radius 1 is 1.37 bits per heavy atom. The van der Waals surface area contributed by atoms with E-state index in [1.54, 1.807) is 12.1 Å². The number of benzene rings is 1. The summed E-state index contributed by atoms with van der Waals surface area (Å²) in [6.45, 7) is 6.41. The van der Waals surface area contributed by atoms with E-state index in [0.29, 0.717) is 17.6 Å². The van der Waals surface area contributed by atoms with Gasteiger partial charge in [-0.25, -0.2) is 0 Å². The maximum atomic E-state index is 9.80. The van der Waals surface area contributed by atoms with Gasteiger partial charge in [0.1, 0.15) is 5.75 Å². The lowest BCUT2D eigenvalue weighted by Gasteiger charge is -2.32. The van der Waals surface area contributed by atoms with Crippen molar-refractivity contribution in [2.45, 2.75) is 38.8 Å². The molecule has 19 heavy (non-hydrogen) atoms. The van der Waals surface area contributed by atoms with Crippen LogP contribution in [0.4, 0.5) is 0 Å². The fourth-order valence-corrected chi connectivity index (χ4v) is 2.88. The first-order chi connectivity index (χ1) is 9.20. The molecule has 0 unspecified atom stereocenters. The van der Waals surface area contributed by atoms with Gasteiger partial charge in [0.05, 0.1) is 0 Å². The first-order valence-electron chi connectivity index (χ1n) is 7.12. The van der Waals surface area contributed by atoms with Crippen molar-refractivity contribution in [2.75, 3.05) is 19.6 Å². The Labute approximate surface area is 120 Å². The van der Waals surface area contributed by atoms with E-state index < -0.39 is 0 Å². The molecule has 1 aliphatic rings. The third kappa shape index (κ3) is 4.10.